The van der Waals surface area contributed by atoms with Crippen molar-refractivity contribution in [1.29, 1.82) is 0 Å². The molecule has 1 aromatic carbocycles. The van der Waals surface area contributed by atoms with Crippen LogP contribution >= 0.6 is 12.4 Å². The van der Waals surface area contributed by atoms with Crippen molar-refractivity contribution in [3.8, 4) is 0 Å². The summed E-state index contributed by atoms with van der Waals surface area (Å²) >= 11 is 0. The van der Waals surface area contributed by atoms with Gasteiger partial charge in [0.15, 0.2) is 0 Å². The Labute approximate surface area is 164 Å². The molecule has 0 spiro atoms. The van der Waals surface area contributed by atoms with E-state index < -0.39 is 0 Å². The van der Waals surface area contributed by atoms with Crippen molar-refractivity contribution in [3.05, 3.63) is 35.4 Å². The maximum atomic E-state index is 2.38. The highest BCUT2D eigenvalue weighted by Crippen LogP contribution is 2.15. The maximum Gasteiger partial charge on any atom is 0.104 e. The van der Waals surface area contributed by atoms with Crippen LogP contribution in [0.3, 0.4) is 0 Å². The molecule has 0 unspecified atom stereocenters. The Morgan fingerprint density at radius 1 is 0.640 bits per heavy atom. The number of unbranched alkanes of at least 4 members (excludes halogenated alkanes) is 9. The number of benzene rings is 1. The van der Waals surface area contributed by atoms with E-state index in [9.17, 15) is 0 Å². The van der Waals surface area contributed by atoms with Gasteiger partial charge in [0.1, 0.15) is 6.54 Å². The quantitative estimate of drug-likeness (QED) is 0.241. The van der Waals surface area contributed by atoms with E-state index in [4.69, 9.17) is 0 Å². The van der Waals surface area contributed by atoms with Crippen molar-refractivity contribution >= 4 is 12.4 Å². The van der Waals surface area contributed by atoms with Crippen LogP contribution in [0.2, 0.25) is 0 Å². The Balaban J connectivity index is 0.00000576. The first-order valence-electron chi connectivity index (χ1n) is 10.5. The molecular weight excluding hydrogens is 326 g/mol. The van der Waals surface area contributed by atoms with Gasteiger partial charge >= 0.3 is 0 Å². The Kier molecular flexibility index (Phi) is 14.3. The molecule has 0 aliphatic carbocycles. The number of rotatable bonds is 14. The second kappa shape index (κ2) is 14.6. The lowest BCUT2D eigenvalue weighted by Gasteiger charge is -2.30. The van der Waals surface area contributed by atoms with Crippen LogP contribution in [-0.4, -0.2) is 25.1 Å². The Morgan fingerprint density at radius 3 is 1.56 bits per heavy atom. The monoisotopic (exact) mass is 368 g/mol. The predicted molar refractivity (Wildman–Crippen MR) is 116 cm³/mol. The Hall–Kier alpha value is -0.530. The maximum absolute atomic E-state index is 2.38. The molecule has 1 rings (SSSR count). The normalized spacial score (nSPS) is 11.4. The molecule has 0 saturated carbocycles. The molecule has 1 aromatic rings. The molecule has 0 fully saturated rings. The molecule has 0 heterocycles. The first-order chi connectivity index (χ1) is 11.6. The van der Waals surface area contributed by atoms with Crippen molar-refractivity contribution in [3.63, 3.8) is 0 Å². The van der Waals surface area contributed by atoms with Gasteiger partial charge in [0, 0.05) is 5.56 Å². The summed E-state index contributed by atoms with van der Waals surface area (Å²) in [7, 11) is 4.75. The summed E-state index contributed by atoms with van der Waals surface area (Å²) in [6, 6.07) is 9.21. The first kappa shape index (κ1) is 24.5. The van der Waals surface area contributed by atoms with Gasteiger partial charge in [0.2, 0.25) is 0 Å². The van der Waals surface area contributed by atoms with E-state index in [1.165, 1.54) is 81.9 Å². The van der Waals surface area contributed by atoms with Crippen LogP contribution < -0.4 is 0 Å². The van der Waals surface area contributed by atoms with Gasteiger partial charge in [-0.1, -0.05) is 89.5 Å². The molecule has 0 N–H and O–H groups in total. The summed E-state index contributed by atoms with van der Waals surface area (Å²) in [4.78, 5) is 0. The summed E-state index contributed by atoms with van der Waals surface area (Å²) in [6.45, 7) is 6.97. The summed E-state index contributed by atoms with van der Waals surface area (Å²) in [5.41, 5.74) is 2.92. The average Bonchev–Trinajstić information content (AvgIpc) is 2.57. The third-order valence-electron chi connectivity index (χ3n) is 5.16. The van der Waals surface area contributed by atoms with Gasteiger partial charge in [-0.2, -0.15) is 0 Å². The van der Waals surface area contributed by atoms with Crippen LogP contribution in [0.4, 0.5) is 0 Å². The third-order valence-corrected chi connectivity index (χ3v) is 5.16. The largest absolute Gasteiger partial charge is 0.325 e. The van der Waals surface area contributed by atoms with E-state index in [2.05, 4.69) is 52.2 Å². The van der Waals surface area contributed by atoms with E-state index in [0.717, 1.165) is 17.4 Å². The number of aryl methyl sites for hydroxylation is 1. The minimum atomic E-state index is 0. The molecule has 146 valence electrons. The Morgan fingerprint density at radius 2 is 1.08 bits per heavy atom. The van der Waals surface area contributed by atoms with Gasteiger partial charge < -0.3 is 4.48 Å². The highest BCUT2D eigenvalue weighted by Gasteiger charge is 2.15. The van der Waals surface area contributed by atoms with E-state index in [1.54, 1.807) is 0 Å². The zero-order chi connectivity index (χ0) is 17.7. The fourth-order valence-corrected chi connectivity index (χ4v) is 3.48. The molecule has 0 atom stereocenters. The summed E-state index contributed by atoms with van der Waals surface area (Å²) < 4.78 is 1.11. The third kappa shape index (κ3) is 12.5. The van der Waals surface area contributed by atoms with Crippen molar-refractivity contribution in [2.45, 2.75) is 91.0 Å². The molecule has 0 aromatic heterocycles. The first-order valence-corrected chi connectivity index (χ1v) is 10.5. The lowest BCUT2D eigenvalue weighted by atomic mass is 10.1. The number of halogens is 1. The van der Waals surface area contributed by atoms with Gasteiger partial charge in [-0.3, -0.25) is 0 Å². The van der Waals surface area contributed by atoms with Crippen LogP contribution in [0.1, 0.15) is 89.2 Å². The second-order valence-corrected chi connectivity index (χ2v) is 8.17. The fourth-order valence-electron chi connectivity index (χ4n) is 3.48. The van der Waals surface area contributed by atoms with Gasteiger partial charge in [0.25, 0.3) is 0 Å². The molecule has 0 saturated heterocycles. The molecular formula is C23H43ClN+. The average molecular weight is 369 g/mol. The van der Waals surface area contributed by atoms with Crippen molar-refractivity contribution in [2.75, 3.05) is 20.6 Å². The zero-order valence-corrected chi connectivity index (χ0v) is 18.2. The number of nitrogens with zero attached hydrogens (tertiary/aromatic N) is 1. The van der Waals surface area contributed by atoms with Crippen molar-refractivity contribution in [1.82, 2.24) is 0 Å². The van der Waals surface area contributed by atoms with Crippen molar-refractivity contribution in [2.24, 2.45) is 0 Å². The molecule has 2 heteroatoms. The number of hydrogen-bond donors (Lipinski definition) is 0. The highest BCUT2D eigenvalue weighted by atomic mass is 35.5. The minimum absolute atomic E-state index is 0. The summed E-state index contributed by atoms with van der Waals surface area (Å²) in [6.07, 6.45) is 15.4. The summed E-state index contributed by atoms with van der Waals surface area (Å²) in [5, 5.41) is 0. The van der Waals surface area contributed by atoms with E-state index in [1.807, 2.05) is 0 Å². The molecule has 0 aliphatic rings. The lowest BCUT2D eigenvalue weighted by Crippen LogP contribution is -2.39. The van der Waals surface area contributed by atoms with Gasteiger partial charge in [-0.15, -0.1) is 12.4 Å². The lowest BCUT2D eigenvalue weighted by molar-refractivity contribution is -0.903. The minimum Gasteiger partial charge on any atom is -0.325 e. The molecule has 0 radical (unpaired) electrons. The smallest absolute Gasteiger partial charge is 0.104 e. The van der Waals surface area contributed by atoms with Crippen LogP contribution in [-0.2, 0) is 13.0 Å². The topological polar surface area (TPSA) is 0 Å². The van der Waals surface area contributed by atoms with E-state index in [0.29, 0.717) is 0 Å². The molecule has 1 nitrogen and oxygen atoms in total. The Bertz CT molecular complexity index is 411. The van der Waals surface area contributed by atoms with Gasteiger partial charge in [-0.25, -0.2) is 0 Å². The second-order valence-electron chi connectivity index (χ2n) is 8.17. The molecule has 25 heavy (non-hydrogen) atoms. The van der Waals surface area contributed by atoms with E-state index >= 15 is 0 Å². The van der Waals surface area contributed by atoms with Gasteiger partial charge in [0.05, 0.1) is 20.6 Å². The standard InChI is InChI=1S/C23H42N.ClH/c1-5-7-8-9-10-11-12-13-14-15-20-24(3,4)21-23-18-16-22(6-2)17-19-23;/h16-19H,5-15,20-21H2,1-4H3;1H/q+1;. The van der Waals surface area contributed by atoms with Crippen LogP contribution in [0.5, 0.6) is 0 Å². The van der Waals surface area contributed by atoms with Crippen LogP contribution in [0.15, 0.2) is 24.3 Å². The number of quaternary nitrogens is 1. The summed E-state index contributed by atoms with van der Waals surface area (Å²) in [5.74, 6) is 0. The number of hydrogen-bond acceptors (Lipinski definition) is 0. The highest BCUT2D eigenvalue weighted by molar-refractivity contribution is 5.85. The fraction of sp³-hybridized carbons (Fsp3) is 0.739. The van der Waals surface area contributed by atoms with Gasteiger partial charge in [-0.05, 0) is 24.8 Å². The van der Waals surface area contributed by atoms with Crippen LogP contribution in [0, 0.1) is 0 Å². The van der Waals surface area contributed by atoms with Crippen LogP contribution in [0.25, 0.3) is 0 Å². The zero-order valence-electron chi connectivity index (χ0n) is 17.4. The predicted octanol–water partition coefficient (Wildman–Crippen LogP) is 7.17. The molecule has 0 aliphatic heterocycles. The van der Waals surface area contributed by atoms with Crippen molar-refractivity contribution < 1.29 is 4.48 Å². The SMILES string of the molecule is CCCCCCCCCCCC[N+](C)(C)Cc1ccc(CC)cc1.Cl. The molecule has 0 bridgehead atoms. The van der Waals surface area contributed by atoms with E-state index in [-0.39, 0.29) is 12.4 Å². The molecule has 0 amide bonds.